The summed E-state index contributed by atoms with van der Waals surface area (Å²) in [7, 11) is 2.20. The molecule has 0 bridgehead atoms. The van der Waals surface area contributed by atoms with Gasteiger partial charge in [0.15, 0.2) is 0 Å². The molecule has 0 unspecified atom stereocenters. The van der Waals surface area contributed by atoms with E-state index in [0.29, 0.717) is 5.41 Å². The van der Waals surface area contributed by atoms with Gasteiger partial charge in [0.25, 0.3) is 0 Å². The number of hydrogen-bond donors (Lipinski definition) is 0. The average Bonchev–Trinajstić information content (AvgIpc) is 2.14. The SMILES string of the molecule is CCN(C)CC(CC)(CC)CBr. The molecule has 0 N–H and O–H groups in total. The van der Waals surface area contributed by atoms with Crippen LogP contribution in [0.1, 0.15) is 33.6 Å². The molecule has 0 aliphatic carbocycles. The second-order valence-electron chi connectivity index (χ2n) is 3.67. The van der Waals surface area contributed by atoms with E-state index in [9.17, 15) is 0 Å². The first kappa shape index (κ1) is 12.4. The van der Waals surface area contributed by atoms with Crippen molar-refractivity contribution < 1.29 is 0 Å². The Morgan fingerprint density at radius 3 is 1.92 bits per heavy atom. The molecule has 0 amide bonds. The fourth-order valence-corrected chi connectivity index (χ4v) is 2.36. The molecule has 74 valence electrons. The Balaban J connectivity index is 4.09. The third-order valence-corrected chi connectivity index (χ3v) is 4.12. The van der Waals surface area contributed by atoms with Crippen LogP contribution in [0.5, 0.6) is 0 Å². The van der Waals surface area contributed by atoms with Crippen LogP contribution in [0.25, 0.3) is 0 Å². The number of halogens is 1. The lowest BCUT2D eigenvalue weighted by atomic mass is 9.84. The lowest BCUT2D eigenvalue weighted by molar-refractivity contribution is 0.191. The highest BCUT2D eigenvalue weighted by molar-refractivity contribution is 9.09. The van der Waals surface area contributed by atoms with Gasteiger partial charge in [-0.1, -0.05) is 36.7 Å². The van der Waals surface area contributed by atoms with Crippen LogP contribution in [0.15, 0.2) is 0 Å². The standard InChI is InChI=1S/C10H22BrN/c1-5-10(6-2,8-11)9-12(4)7-3/h5-9H2,1-4H3. The van der Waals surface area contributed by atoms with Gasteiger partial charge in [0, 0.05) is 11.9 Å². The van der Waals surface area contributed by atoms with Gasteiger partial charge in [-0.25, -0.2) is 0 Å². The second-order valence-corrected chi connectivity index (χ2v) is 4.23. The van der Waals surface area contributed by atoms with Gasteiger partial charge in [0.2, 0.25) is 0 Å². The molecule has 0 rings (SSSR count). The van der Waals surface area contributed by atoms with E-state index in [1.54, 1.807) is 0 Å². The molecule has 0 atom stereocenters. The summed E-state index contributed by atoms with van der Waals surface area (Å²) in [6.45, 7) is 9.14. The Labute approximate surface area is 85.7 Å². The normalized spacial score (nSPS) is 12.5. The smallest absolute Gasteiger partial charge is 0.01000 e. The molecular weight excluding hydrogens is 214 g/mol. The van der Waals surface area contributed by atoms with Gasteiger partial charge in [0.1, 0.15) is 0 Å². The average molecular weight is 236 g/mol. The highest BCUT2D eigenvalue weighted by atomic mass is 79.9. The first-order chi connectivity index (χ1) is 5.64. The fraction of sp³-hybridized carbons (Fsp3) is 1.00. The van der Waals surface area contributed by atoms with Crippen molar-refractivity contribution in [3.05, 3.63) is 0 Å². The molecule has 0 saturated heterocycles. The van der Waals surface area contributed by atoms with Crippen molar-refractivity contribution in [2.24, 2.45) is 5.41 Å². The Bertz CT molecular complexity index is 102. The molecule has 0 fully saturated rings. The van der Waals surface area contributed by atoms with Crippen molar-refractivity contribution in [3.8, 4) is 0 Å². The summed E-state index contributed by atoms with van der Waals surface area (Å²) >= 11 is 3.62. The number of rotatable bonds is 6. The van der Waals surface area contributed by atoms with Crippen LogP contribution >= 0.6 is 15.9 Å². The lowest BCUT2D eigenvalue weighted by Gasteiger charge is -2.33. The maximum Gasteiger partial charge on any atom is 0.01000 e. The Morgan fingerprint density at radius 1 is 1.17 bits per heavy atom. The predicted molar refractivity (Wildman–Crippen MR) is 60.0 cm³/mol. The van der Waals surface area contributed by atoms with Crippen LogP contribution in [-0.4, -0.2) is 30.4 Å². The van der Waals surface area contributed by atoms with E-state index < -0.39 is 0 Å². The van der Waals surface area contributed by atoms with Crippen LogP contribution in [0, 0.1) is 5.41 Å². The largest absolute Gasteiger partial charge is 0.306 e. The summed E-state index contributed by atoms with van der Waals surface area (Å²) < 4.78 is 0. The zero-order chi connectivity index (χ0) is 9.61. The van der Waals surface area contributed by atoms with Gasteiger partial charge < -0.3 is 4.90 Å². The van der Waals surface area contributed by atoms with Crippen LogP contribution in [0.2, 0.25) is 0 Å². The zero-order valence-electron chi connectivity index (χ0n) is 8.86. The summed E-state index contributed by atoms with van der Waals surface area (Å²) in [6.07, 6.45) is 2.53. The van der Waals surface area contributed by atoms with Crippen molar-refractivity contribution in [1.29, 1.82) is 0 Å². The summed E-state index contributed by atoms with van der Waals surface area (Å²) in [4.78, 5) is 2.40. The van der Waals surface area contributed by atoms with E-state index >= 15 is 0 Å². The zero-order valence-corrected chi connectivity index (χ0v) is 10.4. The summed E-state index contributed by atoms with van der Waals surface area (Å²) in [6, 6.07) is 0. The molecular formula is C10H22BrN. The fourth-order valence-electron chi connectivity index (χ4n) is 1.39. The second kappa shape index (κ2) is 5.98. The van der Waals surface area contributed by atoms with Crippen molar-refractivity contribution in [1.82, 2.24) is 4.90 Å². The third-order valence-electron chi connectivity index (χ3n) is 2.93. The summed E-state index contributed by atoms with van der Waals surface area (Å²) in [5.74, 6) is 0. The molecule has 0 aliphatic heterocycles. The van der Waals surface area contributed by atoms with Crippen molar-refractivity contribution in [2.45, 2.75) is 33.6 Å². The molecule has 0 spiro atoms. The summed E-state index contributed by atoms with van der Waals surface area (Å²) in [5, 5.41) is 1.12. The van der Waals surface area contributed by atoms with Crippen molar-refractivity contribution in [3.63, 3.8) is 0 Å². The van der Waals surface area contributed by atoms with Crippen molar-refractivity contribution >= 4 is 15.9 Å². The van der Waals surface area contributed by atoms with E-state index in [-0.39, 0.29) is 0 Å². The molecule has 0 aliphatic rings. The Hall–Kier alpha value is 0.440. The molecule has 12 heavy (non-hydrogen) atoms. The monoisotopic (exact) mass is 235 g/mol. The summed E-state index contributed by atoms with van der Waals surface area (Å²) in [5.41, 5.74) is 0.491. The highest BCUT2D eigenvalue weighted by Gasteiger charge is 2.25. The maximum atomic E-state index is 3.62. The van der Waals surface area contributed by atoms with Gasteiger partial charge in [0.05, 0.1) is 0 Å². The third kappa shape index (κ3) is 3.44. The molecule has 2 heteroatoms. The van der Waals surface area contributed by atoms with Gasteiger partial charge in [-0.15, -0.1) is 0 Å². The molecule has 1 nitrogen and oxygen atoms in total. The minimum atomic E-state index is 0.491. The minimum absolute atomic E-state index is 0.491. The molecule has 0 aromatic rings. The topological polar surface area (TPSA) is 3.24 Å². The minimum Gasteiger partial charge on any atom is -0.306 e. The van der Waals surface area contributed by atoms with E-state index in [2.05, 4.69) is 48.6 Å². The van der Waals surface area contributed by atoms with Crippen LogP contribution in [-0.2, 0) is 0 Å². The number of alkyl halides is 1. The molecule has 0 saturated carbocycles. The van der Waals surface area contributed by atoms with Gasteiger partial charge in [-0.05, 0) is 31.8 Å². The Morgan fingerprint density at radius 2 is 1.67 bits per heavy atom. The van der Waals surface area contributed by atoms with E-state index in [4.69, 9.17) is 0 Å². The number of hydrogen-bond acceptors (Lipinski definition) is 1. The van der Waals surface area contributed by atoms with Gasteiger partial charge >= 0.3 is 0 Å². The van der Waals surface area contributed by atoms with Crippen LogP contribution in [0.3, 0.4) is 0 Å². The quantitative estimate of drug-likeness (QED) is 0.640. The molecule has 0 aromatic heterocycles. The lowest BCUT2D eigenvalue weighted by Crippen LogP contribution is -2.36. The predicted octanol–water partition coefficient (Wildman–Crippen LogP) is 3.14. The van der Waals surface area contributed by atoms with Crippen LogP contribution in [0.4, 0.5) is 0 Å². The molecule has 0 aromatic carbocycles. The van der Waals surface area contributed by atoms with Gasteiger partial charge in [-0.3, -0.25) is 0 Å². The van der Waals surface area contributed by atoms with Crippen LogP contribution < -0.4 is 0 Å². The van der Waals surface area contributed by atoms with E-state index in [1.807, 2.05) is 0 Å². The van der Waals surface area contributed by atoms with Crippen molar-refractivity contribution in [2.75, 3.05) is 25.5 Å². The number of nitrogens with zero attached hydrogens (tertiary/aromatic N) is 1. The Kier molecular flexibility index (Phi) is 6.20. The van der Waals surface area contributed by atoms with E-state index in [1.165, 1.54) is 19.4 Å². The molecule has 0 radical (unpaired) electrons. The molecule has 0 heterocycles. The maximum absolute atomic E-state index is 3.62. The highest BCUT2D eigenvalue weighted by Crippen LogP contribution is 2.29. The first-order valence-electron chi connectivity index (χ1n) is 4.88. The van der Waals surface area contributed by atoms with Gasteiger partial charge in [-0.2, -0.15) is 0 Å². The first-order valence-corrected chi connectivity index (χ1v) is 6.00. The van der Waals surface area contributed by atoms with E-state index in [0.717, 1.165) is 11.9 Å².